The third-order valence-electron chi connectivity index (χ3n) is 8.85. The molecule has 1 aliphatic heterocycles. The summed E-state index contributed by atoms with van der Waals surface area (Å²) in [5, 5.41) is 1.57. The first-order valence-corrected chi connectivity index (χ1v) is 16.5. The van der Waals surface area contributed by atoms with Gasteiger partial charge in [-0.15, -0.1) is 0 Å². The molecule has 4 aromatic rings. The molecule has 0 spiro atoms. The van der Waals surface area contributed by atoms with Gasteiger partial charge in [-0.05, 0) is 78.8 Å². The van der Waals surface area contributed by atoms with E-state index in [2.05, 4.69) is 123 Å². The predicted molar refractivity (Wildman–Crippen MR) is 177 cm³/mol. The number of hydrogen-bond acceptors (Lipinski definition) is 2. The Bertz CT molecular complexity index is 1370. The molecule has 0 saturated carbocycles. The van der Waals surface area contributed by atoms with Gasteiger partial charge in [0.25, 0.3) is 0 Å². The Labute approximate surface area is 249 Å². The van der Waals surface area contributed by atoms with E-state index in [1.165, 1.54) is 65.7 Å². The van der Waals surface area contributed by atoms with Gasteiger partial charge in [0.2, 0.25) is 0 Å². The van der Waals surface area contributed by atoms with Crippen molar-refractivity contribution in [2.45, 2.75) is 77.6 Å². The van der Waals surface area contributed by atoms with E-state index in [0.29, 0.717) is 15.2 Å². The maximum atomic E-state index is 6.85. The highest BCUT2D eigenvalue weighted by Gasteiger charge is 2.34. The molecule has 1 fully saturated rings. The van der Waals surface area contributed by atoms with E-state index in [1.54, 1.807) is 5.30 Å². The molecule has 1 saturated heterocycles. The average molecular weight is 564 g/mol. The Morgan fingerprint density at radius 3 is 2.02 bits per heavy atom. The summed E-state index contributed by atoms with van der Waals surface area (Å²) in [5.74, 6) is 1.09. The van der Waals surface area contributed by atoms with Crippen LogP contribution in [0.3, 0.4) is 0 Å². The molecule has 1 heterocycles. The quantitative estimate of drug-likeness (QED) is 0.159. The second-order valence-corrected chi connectivity index (χ2v) is 13.3. The van der Waals surface area contributed by atoms with E-state index in [4.69, 9.17) is 4.74 Å². The lowest BCUT2D eigenvalue weighted by molar-refractivity contribution is 0.221. The van der Waals surface area contributed by atoms with E-state index in [1.807, 2.05) is 0 Å². The minimum absolute atomic E-state index is 0.0154. The SMILES string of the molecule is CCC(CC)(Pc1c(C)cccc1CN1CCCCC1)c1cccc(Cc2ccccc2)c1OCc1ccccc1. The van der Waals surface area contributed by atoms with Crippen LogP contribution < -0.4 is 10.0 Å². The second-order valence-electron chi connectivity index (χ2n) is 11.6. The number of nitrogens with zero attached hydrogens (tertiary/aromatic N) is 1. The molecule has 0 N–H and O–H groups in total. The molecular weight excluding hydrogens is 517 g/mol. The van der Waals surface area contributed by atoms with Crippen LogP contribution in [0.4, 0.5) is 0 Å². The number of aryl methyl sites for hydroxylation is 1. The molecule has 0 aliphatic carbocycles. The van der Waals surface area contributed by atoms with Gasteiger partial charge in [0.05, 0.1) is 0 Å². The summed E-state index contributed by atoms with van der Waals surface area (Å²) in [7, 11) is 0.687. The van der Waals surface area contributed by atoms with Gasteiger partial charge in [-0.3, -0.25) is 4.90 Å². The van der Waals surface area contributed by atoms with Crippen molar-refractivity contribution >= 4 is 13.9 Å². The highest BCUT2D eigenvalue weighted by molar-refractivity contribution is 7.48. The van der Waals surface area contributed by atoms with Gasteiger partial charge >= 0.3 is 0 Å². The van der Waals surface area contributed by atoms with Gasteiger partial charge < -0.3 is 4.74 Å². The van der Waals surface area contributed by atoms with Gasteiger partial charge in [0.1, 0.15) is 12.4 Å². The smallest absolute Gasteiger partial charge is 0.127 e. The minimum Gasteiger partial charge on any atom is -0.488 e. The Kier molecular flexibility index (Phi) is 10.3. The molecule has 2 nitrogen and oxygen atoms in total. The van der Waals surface area contributed by atoms with E-state index in [0.717, 1.165) is 31.6 Å². The second kappa shape index (κ2) is 14.3. The van der Waals surface area contributed by atoms with Crippen molar-refractivity contribution < 1.29 is 4.74 Å². The molecule has 1 unspecified atom stereocenters. The topological polar surface area (TPSA) is 12.5 Å². The fraction of sp³-hybridized carbons (Fsp3) is 0.368. The molecule has 1 aliphatic rings. The lowest BCUT2D eigenvalue weighted by Crippen LogP contribution is -2.32. The summed E-state index contributed by atoms with van der Waals surface area (Å²) in [6, 6.07) is 35.3. The first-order valence-electron chi connectivity index (χ1n) is 15.5. The molecule has 0 aromatic heterocycles. The van der Waals surface area contributed by atoms with E-state index in [9.17, 15) is 0 Å². The van der Waals surface area contributed by atoms with Crippen molar-refractivity contribution in [1.29, 1.82) is 0 Å². The molecule has 3 heteroatoms. The minimum atomic E-state index is 0.0154. The predicted octanol–water partition coefficient (Wildman–Crippen LogP) is 9.17. The maximum Gasteiger partial charge on any atom is 0.127 e. The van der Waals surface area contributed by atoms with Gasteiger partial charge in [0, 0.05) is 23.7 Å². The molecule has 214 valence electrons. The Morgan fingerprint density at radius 2 is 1.34 bits per heavy atom. The number of piperidine rings is 1. The van der Waals surface area contributed by atoms with Crippen LogP contribution in [0.5, 0.6) is 5.75 Å². The zero-order chi connectivity index (χ0) is 28.5. The lowest BCUT2D eigenvalue weighted by Gasteiger charge is -2.36. The van der Waals surface area contributed by atoms with Crippen molar-refractivity contribution in [3.05, 3.63) is 130 Å². The maximum absolute atomic E-state index is 6.85. The number of benzene rings is 4. The Hall–Kier alpha value is -2.93. The van der Waals surface area contributed by atoms with Crippen LogP contribution in [0, 0.1) is 6.92 Å². The monoisotopic (exact) mass is 563 g/mol. The molecule has 0 radical (unpaired) electrons. The molecule has 41 heavy (non-hydrogen) atoms. The highest BCUT2D eigenvalue weighted by atomic mass is 31.1. The first kappa shape index (κ1) is 29.6. The van der Waals surface area contributed by atoms with Gasteiger partial charge in [0.15, 0.2) is 0 Å². The van der Waals surface area contributed by atoms with Crippen LogP contribution in [-0.4, -0.2) is 18.0 Å². The number of likely N-dealkylation sites (tertiary alicyclic amines) is 1. The van der Waals surface area contributed by atoms with Crippen molar-refractivity contribution in [1.82, 2.24) is 4.90 Å². The van der Waals surface area contributed by atoms with Crippen molar-refractivity contribution in [2.75, 3.05) is 13.1 Å². The molecule has 1 atom stereocenters. The van der Waals surface area contributed by atoms with Gasteiger partial charge in [-0.1, -0.05) is 126 Å². The number of para-hydroxylation sites is 1. The highest BCUT2D eigenvalue weighted by Crippen LogP contribution is 2.52. The normalized spacial score (nSPS) is 14.5. The van der Waals surface area contributed by atoms with E-state index < -0.39 is 0 Å². The van der Waals surface area contributed by atoms with Crippen molar-refractivity contribution in [2.24, 2.45) is 0 Å². The zero-order valence-corrected chi connectivity index (χ0v) is 26.2. The molecule has 0 amide bonds. The molecular formula is C38H46NOP. The van der Waals surface area contributed by atoms with Crippen LogP contribution in [0.15, 0.2) is 97.1 Å². The third kappa shape index (κ3) is 7.29. The standard InChI is InChI=1S/C38H46NOP/c1-4-38(5-2,41-37-30(3)17-15-23-34(37)28-39-25-13-8-14-26-39)35-24-16-22-33(27-31-18-9-6-10-19-31)36(35)40-29-32-20-11-7-12-21-32/h6-7,9-12,15-24,41H,4-5,8,13-14,25-29H2,1-3H3. The number of hydrogen-bond donors (Lipinski definition) is 0. The zero-order valence-electron chi connectivity index (χ0n) is 25.2. The largest absolute Gasteiger partial charge is 0.488 e. The molecule has 4 aromatic carbocycles. The van der Waals surface area contributed by atoms with Crippen LogP contribution >= 0.6 is 8.58 Å². The summed E-state index contributed by atoms with van der Waals surface area (Å²) >= 11 is 0. The lowest BCUT2D eigenvalue weighted by atomic mass is 9.89. The first-order chi connectivity index (χ1) is 20.1. The summed E-state index contributed by atoms with van der Waals surface area (Å²) in [5.41, 5.74) is 8.12. The Morgan fingerprint density at radius 1 is 0.707 bits per heavy atom. The van der Waals surface area contributed by atoms with Crippen molar-refractivity contribution in [3.63, 3.8) is 0 Å². The van der Waals surface area contributed by atoms with E-state index in [-0.39, 0.29) is 5.16 Å². The fourth-order valence-corrected chi connectivity index (χ4v) is 8.10. The Balaban J connectivity index is 1.54. The third-order valence-corrected chi connectivity index (χ3v) is 11.3. The summed E-state index contributed by atoms with van der Waals surface area (Å²) < 4.78 is 6.85. The van der Waals surface area contributed by atoms with Gasteiger partial charge in [-0.2, -0.15) is 0 Å². The van der Waals surface area contributed by atoms with Crippen LogP contribution in [0.1, 0.15) is 79.3 Å². The fourth-order valence-electron chi connectivity index (χ4n) is 6.33. The van der Waals surface area contributed by atoms with E-state index >= 15 is 0 Å². The summed E-state index contributed by atoms with van der Waals surface area (Å²) in [6.45, 7) is 11.2. The molecule has 0 bridgehead atoms. The number of ether oxygens (including phenoxy) is 1. The van der Waals surface area contributed by atoms with Crippen LogP contribution in [0.25, 0.3) is 0 Å². The summed E-state index contributed by atoms with van der Waals surface area (Å²) in [4.78, 5) is 2.67. The average Bonchev–Trinajstić information content (AvgIpc) is 3.02. The van der Waals surface area contributed by atoms with Gasteiger partial charge in [-0.25, -0.2) is 0 Å². The van der Waals surface area contributed by atoms with Crippen LogP contribution in [-0.2, 0) is 24.7 Å². The molecule has 5 rings (SSSR count). The van der Waals surface area contributed by atoms with Crippen molar-refractivity contribution in [3.8, 4) is 5.75 Å². The number of rotatable bonds is 12. The van der Waals surface area contributed by atoms with Crippen LogP contribution in [0.2, 0.25) is 0 Å². The summed E-state index contributed by atoms with van der Waals surface area (Å²) in [6.07, 6.45) is 7.06.